The quantitative estimate of drug-likeness (QED) is 0.883. The number of nitrogens with zero attached hydrogens (tertiary/aromatic N) is 3. The van der Waals surface area contributed by atoms with Gasteiger partial charge in [-0.05, 0) is 37.7 Å². The molecule has 18 heavy (non-hydrogen) atoms. The summed E-state index contributed by atoms with van der Waals surface area (Å²) in [6.07, 6.45) is 8.86. The predicted octanol–water partition coefficient (Wildman–Crippen LogP) is 1.83. The van der Waals surface area contributed by atoms with Crippen LogP contribution in [-0.2, 0) is 0 Å². The molecule has 1 unspecified atom stereocenters. The van der Waals surface area contributed by atoms with Crippen LogP contribution in [0.5, 0.6) is 0 Å². The number of hydrogen-bond acceptors (Lipinski definition) is 4. The van der Waals surface area contributed by atoms with Gasteiger partial charge in [-0.2, -0.15) is 0 Å². The molecule has 2 heterocycles. The normalized spacial score (nSPS) is 32.1. The Morgan fingerprint density at radius 3 is 2.72 bits per heavy atom. The van der Waals surface area contributed by atoms with E-state index in [9.17, 15) is 0 Å². The van der Waals surface area contributed by atoms with Gasteiger partial charge in [-0.15, -0.1) is 0 Å². The molecule has 0 amide bonds. The van der Waals surface area contributed by atoms with Crippen molar-refractivity contribution in [2.75, 3.05) is 18.0 Å². The molecule has 3 rings (SSSR count). The first-order valence-electron chi connectivity index (χ1n) is 7.09. The zero-order valence-electron chi connectivity index (χ0n) is 11.0. The fourth-order valence-electron chi connectivity index (χ4n) is 3.12. The van der Waals surface area contributed by atoms with E-state index in [1.54, 1.807) is 0 Å². The van der Waals surface area contributed by atoms with Crippen LogP contribution in [0.4, 0.5) is 5.95 Å². The highest BCUT2D eigenvalue weighted by Crippen LogP contribution is 2.27. The molecule has 0 aromatic carbocycles. The molecule has 1 saturated carbocycles. The fourth-order valence-corrected chi connectivity index (χ4v) is 3.12. The first kappa shape index (κ1) is 11.9. The molecule has 4 heteroatoms. The third kappa shape index (κ3) is 2.64. The third-order valence-electron chi connectivity index (χ3n) is 4.10. The Bertz CT molecular complexity index is 375. The average Bonchev–Trinajstić information content (AvgIpc) is 2.38. The van der Waals surface area contributed by atoms with Crippen molar-refractivity contribution in [2.24, 2.45) is 5.92 Å². The van der Waals surface area contributed by atoms with E-state index < -0.39 is 0 Å². The standard InChI is InChI=1S/C14H22N4/c1-11-8-13(9-11)17-12-4-2-7-18(10-12)14-15-5-3-6-16-14/h3,5-6,11-13,17H,2,4,7-10H2,1H3. The van der Waals surface area contributed by atoms with Gasteiger partial charge in [0.1, 0.15) is 0 Å². The largest absolute Gasteiger partial charge is 0.339 e. The monoisotopic (exact) mass is 246 g/mol. The minimum atomic E-state index is 0.611. The molecule has 1 aliphatic carbocycles. The highest BCUT2D eigenvalue weighted by Gasteiger charge is 2.29. The van der Waals surface area contributed by atoms with E-state index in [0.717, 1.165) is 31.0 Å². The molecule has 1 saturated heterocycles. The minimum Gasteiger partial charge on any atom is -0.339 e. The van der Waals surface area contributed by atoms with E-state index in [2.05, 4.69) is 27.1 Å². The maximum atomic E-state index is 4.35. The minimum absolute atomic E-state index is 0.611. The van der Waals surface area contributed by atoms with E-state index in [0.29, 0.717) is 6.04 Å². The van der Waals surface area contributed by atoms with Crippen LogP contribution in [-0.4, -0.2) is 35.1 Å². The van der Waals surface area contributed by atoms with Gasteiger partial charge in [-0.25, -0.2) is 9.97 Å². The first-order chi connectivity index (χ1) is 8.81. The maximum absolute atomic E-state index is 4.35. The zero-order chi connectivity index (χ0) is 12.4. The summed E-state index contributed by atoms with van der Waals surface area (Å²) in [5, 5.41) is 3.79. The molecule has 1 aromatic heterocycles. The summed E-state index contributed by atoms with van der Waals surface area (Å²) >= 11 is 0. The maximum Gasteiger partial charge on any atom is 0.225 e. The topological polar surface area (TPSA) is 41.0 Å². The Hall–Kier alpha value is -1.16. The summed E-state index contributed by atoms with van der Waals surface area (Å²) in [7, 11) is 0. The van der Waals surface area contributed by atoms with E-state index >= 15 is 0 Å². The second kappa shape index (κ2) is 5.22. The number of hydrogen-bond donors (Lipinski definition) is 1. The van der Waals surface area contributed by atoms with Gasteiger partial charge in [-0.1, -0.05) is 6.92 Å². The Morgan fingerprint density at radius 2 is 2.00 bits per heavy atom. The fraction of sp³-hybridized carbons (Fsp3) is 0.714. The molecule has 4 nitrogen and oxygen atoms in total. The number of rotatable bonds is 3. The average molecular weight is 246 g/mol. The van der Waals surface area contributed by atoms with Gasteiger partial charge >= 0.3 is 0 Å². The lowest BCUT2D eigenvalue weighted by Crippen LogP contribution is -2.52. The van der Waals surface area contributed by atoms with Crippen LogP contribution < -0.4 is 10.2 Å². The number of aromatic nitrogens is 2. The summed E-state index contributed by atoms with van der Waals surface area (Å²) in [5.41, 5.74) is 0. The second-order valence-electron chi connectivity index (χ2n) is 5.77. The summed E-state index contributed by atoms with van der Waals surface area (Å²) in [4.78, 5) is 11.0. The van der Waals surface area contributed by atoms with Crippen molar-refractivity contribution in [1.29, 1.82) is 0 Å². The second-order valence-corrected chi connectivity index (χ2v) is 5.77. The van der Waals surface area contributed by atoms with Crippen molar-refractivity contribution in [2.45, 2.75) is 44.7 Å². The van der Waals surface area contributed by atoms with E-state index in [1.165, 1.54) is 25.7 Å². The lowest BCUT2D eigenvalue weighted by Gasteiger charge is -2.40. The number of anilines is 1. The van der Waals surface area contributed by atoms with Crippen molar-refractivity contribution < 1.29 is 0 Å². The molecule has 0 spiro atoms. The SMILES string of the molecule is CC1CC(NC2CCCN(c3ncccn3)C2)C1. The lowest BCUT2D eigenvalue weighted by atomic mass is 9.81. The molecule has 0 bridgehead atoms. The van der Waals surface area contributed by atoms with Gasteiger partial charge < -0.3 is 10.2 Å². The third-order valence-corrected chi connectivity index (χ3v) is 4.10. The van der Waals surface area contributed by atoms with Crippen LogP contribution in [0.1, 0.15) is 32.6 Å². The van der Waals surface area contributed by atoms with Crippen molar-refractivity contribution in [3.8, 4) is 0 Å². The highest BCUT2D eigenvalue weighted by molar-refractivity contribution is 5.29. The van der Waals surface area contributed by atoms with Crippen LogP contribution in [0, 0.1) is 5.92 Å². The van der Waals surface area contributed by atoms with Crippen molar-refractivity contribution in [1.82, 2.24) is 15.3 Å². The van der Waals surface area contributed by atoms with Crippen LogP contribution in [0.15, 0.2) is 18.5 Å². The van der Waals surface area contributed by atoms with Gasteiger partial charge in [0.25, 0.3) is 0 Å². The Balaban J connectivity index is 1.55. The van der Waals surface area contributed by atoms with Gasteiger partial charge in [0, 0.05) is 37.6 Å². The molecule has 2 fully saturated rings. The van der Waals surface area contributed by atoms with Crippen LogP contribution in [0.25, 0.3) is 0 Å². The van der Waals surface area contributed by atoms with Crippen LogP contribution in [0.3, 0.4) is 0 Å². The molecular weight excluding hydrogens is 224 g/mol. The molecular formula is C14H22N4. The molecule has 1 aromatic rings. The summed E-state index contributed by atoms with van der Waals surface area (Å²) in [5.74, 6) is 1.80. The Labute approximate surface area is 109 Å². The zero-order valence-corrected chi connectivity index (χ0v) is 11.0. The van der Waals surface area contributed by atoms with Crippen LogP contribution >= 0.6 is 0 Å². The predicted molar refractivity (Wildman–Crippen MR) is 72.6 cm³/mol. The van der Waals surface area contributed by atoms with Crippen molar-refractivity contribution in [3.05, 3.63) is 18.5 Å². The first-order valence-corrected chi connectivity index (χ1v) is 7.09. The molecule has 2 aliphatic rings. The lowest BCUT2D eigenvalue weighted by molar-refractivity contribution is 0.213. The number of piperidine rings is 1. The molecule has 98 valence electrons. The van der Waals surface area contributed by atoms with E-state index in [4.69, 9.17) is 0 Å². The summed E-state index contributed by atoms with van der Waals surface area (Å²) in [6, 6.07) is 3.24. The molecule has 1 atom stereocenters. The van der Waals surface area contributed by atoms with E-state index in [1.807, 2.05) is 18.5 Å². The van der Waals surface area contributed by atoms with Crippen molar-refractivity contribution in [3.63, 3.8) is 0 Å². The van der Waals surface area contributed by atoms with E-state index in [-0.39, 0.29) is 0 Å². The Morgan fingerprint density at radius 1 is 1.22 bits per heavy atom. The van der Waals surface area contributed by atoms with Gasteiger partial charge in [0.15, 0.2) is 0 Å². The van der Waals surface area contributed by atoms with Crippen molar-refractivity contribution >= 4 is 5.95 Å². The van der Waals surface area contributed by atoms with Crippen LogP contribution in [0.2, 0.25) is 0 Å². The molecule has 1 aliphatic heterocycles. The van der Waals surface area contributed by atoms with Gasteiger partial charge in [-0.3, -0.25) is 0 Å². The Kier molecular flexibility index (Phi) is 3.46. The molecule has 0 radical (unpaired) electrons. The molecule has 1 N–H and O–H groups in total. The summed E-state index contributed by atoms with van der Waals surface area (Å²) < 4.78 is 0. The summed E-state index contributed by atoms with van der Waals surface area (Å²) in [6.45, 7) is 4.47. The number of nitrogens with one attached hydrogen (secondary N) is 1. The van der Waals surface area contributed by atoms with Gasteiger partial charge in [0.2, 0.25) is 5.95 Å². The smallest absolute Gasteiger partial charge is 0.225 e. The highest BCUT2D eigenvalue weighted by atomic mass is 15.3. The van der Waals surface area contributed by atoms with Gasteiger partial charge in [0.05, 0.1) is 0 Å².